The molecule has 1 N–H and O–H groups in total. The Kier molecular flexibility index (Phi) is 5.22. The minimum absolute atomic E-state index is 0.00535. The number of carbonyl (C=O) groups is 1. The minimum Gasteiger partial charge on any atom is -0.476 e. The van der Waals surface area contributed by atoms with E-state index in [0.29, 0.717) is 23.9 Å². The highest BCUT2D eigenvalue weighted by Crippen LogP contribution is 2.35. The van der Waals surface area contributed by atoms with Gasteiger partial charge in [-0.25, -0.2) is 8.42 Å². The van der Waals surface area contributed by atoms with Crippen LogP contribution in [-0.2, 0) is 14.8 Å². The number of nitrogens with one attached hydrogen (secondary N) is 1. The minimum atomic E-state index is -3.48. The van der Waals surface area contributed by atoms with Crippen LogP contribution in [0.3, 0.4) is 0 Å². The molecule has 138 valence electrons. The van der Waals surface area contributed by atoms with E-state index in [9.17, 15) is 13.2 Å². The molecule has 1 aromatic rings. The first-order valence-corrected chi connectivity index (χ1v) is 10.7. The van der Waals surface area contributed by atoms with Gasteiger partial charge >= 0.3 is 0 Å². The third-order valence-electron chi connectivity index (χ3n) is 4.97. The fourth-order valence-electron chi connectivity index (χ4n) is 3.56. The summed E-state index contributed by atoms with van der Waals surface area (Å²) in [6, 6.07) is 5.33. The zero-order valence-electron chi connectivity index (χ0n) is 14.8. The maximum absolute atomic E-state index is 12.6. The lowest BCUT2D eigenvalue weighted by Crippen LogP contribution is -2.51. The predicted molar refractivity (Wildman–Crippen MR) is 97.4 cm³/mol. The van der Waals surface area contributed by atoms with Crippen LogP contribution in [0.2, 0.25) is 0 Å². The summed E-state index contributed by atoms with van der Waals surface area (Å²) in [6.45, 7) is 2.55. The Morgan fingerprint density at radius 3 is 2.68 bits per heavy atom. The van der Waals surface area contributed by atoms with E-state index in [1.54, 1.807) is 12.1 Å². The zero-order valence-corrected chi connectivity index (χ0v) is 15.6. The van der Waals surface area contributed by atoms with Gasteiger partial charge < -0.3 is 10.1 Å². The molecule has 6 nitrogen and oxygen atoms in total. The van der Waals surface area contributed by atoms with Crippen LogP contribution < -0.4 is 14.4 Å². The third kappa shape index (κ3) is 4.26. The lowest BCUT2D eigenvalue weighted by atomic mass is 9.89. The number of amides is 1. The molecule has 0 saturated heterocycles. The van der Waals surface area contributed by atoms with Gasteiger partial charge in [0, 0.05) is 6.54 Å². The van der Waals surface area contributed by atoms with Crippen LogP contribution in [0, 0.1) is 12.8 Å². The van der Waals surface area contributed by atoms with E-state index >= 15 is 0 Å². The number of hydrogen-bond acceptors (Lipinski definition) is 4. The number of fused-ring (bicyclic) bond motifs is 1. The molecular formula is C18H26N2O4S. The molecule has 1 aromatic carbocycles. The van der Waals surface area contributed by atoms with Crippen molar-refractivity contribution in [3.05, 3.63) is 23.8 Å². The van der Waals surface area contributed by atoms with E-state index in [-0.39, 0.29) is 12.5 Å². The molecule has 1 amide bonds. The van der Waals surface area contributed by atoms with Gasteiger partial charge in [0.05, 0.1) is 18.5 Å². The van der Waals surface area contributed by atoms with Crippen molar-refractivity contribution in [1.82, 2.24) is 5.32 Å². The van der Waals surface area contributed by atoms with Crippen LogP contribution >= 0.6 is 0 Å². The molecule has 0 unspecified atom stereocenters. The van der Waals surface area contributed by atoms with E-state index in [4.69, 9.17) is 4.74 Å². The molecule has 7 heteroatoms. The molecular weight excluding hydrogens is 340 g/mol. The number of rotatable bonds is 4. The molecule has 0 radical (unpaired) electrons. The van der Waals surface area contributed by atoms with Crippen molar-refractivity contribution in [3.63, 3.8) is 0 Å². The number of carbonyl (C=O) groups excluding carboxylic acids is 1. The molecule has 1 heterocycles. The van der Waals surface area contributed by atoms with Crippen LogP contribution in [0.5, 0.6) is 5.75 Å². The van der Waals surface area contributed by atoms with Crippen molar-refractivity contribution in [2.75, 3.05) is 23.7 Å². The van der Waals surface area contributed by atoms with Crippen LogP contribution in [-0.4, -0.2) is 39.8 Å². The number of aryl methyl sites for hydroxylation is 1. The molecule has 0 spiro atoms. The Labute approximate surface area is 149 Å². The van der Waals surface area contributed by atoms with Crippen molar-refractivity contribution in [3.8, 4) is 5.75 Å². The molecule has 0 aromatic heterocycles. The fraction of sp³-hybridized carbons (Fsp3) is 0.611. The maximum Gasteiger partial charge on any atom is 0.263 e. The second kappa shape index (κ2) is 7.23. The van der Waals surface area contributed by atoms with Crippen LogP contribution in [0.25, 0.3) is 0 Å². The number of anilines is 1. The summed E-state index contributed by atoms with van der Waals surface area (Å²) in [5, 5.41) is 2.95. The van der Waals surface area contributed by atoms with Gasteiger partial charge in [-0.15, -0.1) is 0 Å². The molecule has 1 fully saturated rings. The highest BCUT2D eigenvalue weighted by molar-refractivity contribution is 7.92. The quantitative estimate of drug-likeness (QED) is 0.886. The average molecular weight is 366 g/mol. The summed E-state index contributed by atoms with van der Waals surface area (Å²) in [5.74, 6) is 0.711. The molecule has 1 aliphatic carbocycles. The molecule has 0 bridgehead atoms. The molecule has 1 saturated carbocycles. The Bertz CT molecular complexity index is 741. The molecule has 2 aliphatic rings. The summed E-state index contributed by atoms with van der Waals surface area (Å²) < 4.78 is 31.4. The number of ether oxygens (including phenoxy) is 1. The van der Waals surface area contributed by atoms with Gasteiger partial charge in [0.1, 0.15) is 5.75 Å². The third-order valence-corrected chi connectivity index (χ3v) is 6.11. The second-order valence-corrected chi connectivity index (χ2v) is 9.03. The first-order valence-electron chi connectivity index (χ1n) is 8.87. The lowest BCUT2D eigenvalue weighted by molar-refractivity contribution is -0.128. The molecule has 3 rings (SSSR count). The van der Waals surface area contributed by atoms with Gasteiger partial charge in [-0.3, -0.25) is 9.10 Å². The van der Waals surface area contributed by atoms with Crippen molar-refractivity contribution in [2.45, 2.75) is 45.1 Å². The van der Waals surface area contributed by atoms with E-state index < -0.39 is 16.1 Å². The Morgan fingerprint density at radius 1 is 1.28 bits per heavy atom. The summed E-state index contributed by atoms with van der Waals surface area (Å²) in [7, 11) is -3.48. The Hall–Kier alpha value is -1.76. The standard InChI is InChI=1S/C18H26N2O4S/c1-13-8-9-15-16(10-13)24-17(12-20(15)25(2,22)23)18(21)19-11-14-6-4-3-5-7-14/h8-10,14,17H,3-7,11-12H2,1-2H3,(H,19,21)/t17-/m0/s1. The van der Waals surface area contributed by atoms with E-state index in [0.717, 1.165) is 24.7 Å². The smallest absolute Gasteiger partial charge is 0.263 e. The van der Waals surface area contributed by atoms with E-state index in [1.807, 2.05) is 13.0 Å². The SMILES string of the molecule is Cc1ccc2c(c1)O[C@H](C(=O)NCC1CCCCC1)CN2S(C)(=O)=O. The molecule has 25 heavy (non-hydrogen) atoms. The van der Waals surface area contributed by atoms with E-state index in [1.165, 1.54) is 23.6 Å². The van der Waals surface area contributed by atoms with Crippen LogP contribution in [0.1, 0.15) is 37.7 Å². The average Bonchev–Trinajstić information content (AvgIpc) is 2.58. The highest BCUT2D eigenvalue weighted by atomic mass is 32.2. The number of benzene rings is 1. The predicted octanol–water partition coefficient (Wildman–Crippen LogP) is 2.22. The van der Waals surface area contributed by atoms with E-state index in [2.05, 4.69) is 5.32 Å². The fourth-order valence-corrected chi connectivity index (χ4v) is 4.48. The van der Waals surface area contributed by atoms with Crippen molar-refractivity contribution >= 4 is 21.6 Å². The number of hydrogen-bond donors (Lipinski definition) is 1. The van der Waals surface area contributed by atoms with Gasteiger partial charge in [0.15, 0.2) is 6.10 Å². The zero-order chi connectivity index (χ0) is 18.0. The van der Waals surface area contributed by atoms with Crippen LogP contribution in [0.4, 0.5) is 5.69 Å². The summed E-state index contributed by atoms with van der Waals surface area (Å²) in [5.41, 5.74) is 1.44. The van der Waals surface area contributed by atoms with Crippen LogP contribution in [0.15, 0.2) is 18.2 Å². The lowest BCUT2D eigenvalue weighted by Gasteiger charge is -2.34. The van der Waals surface area contributed by atoms with Crippen molar-refractivity contribution in [1.29, 1.82) is 0 Å². The monoisotopic (exact) mass is 366 g/mol. The highest BCUT2D eigenvalue weighted by Gasteiger charge is 2.35. The number of sulfonamides is 1. The first-order chi connectivity index (χ1) is 11.8. The Morgan fingerprint density at radius 2 is 2.00 bits per heavy atom. The van der Waals surface area contributed by atoms with Crippen molar-refractivity contribution in [2.24, 2.45) is 5.92 Å². The largest absolute Gasteiger partial charge is 0.476 e. The maximum atomic E-state index is 12.6. The van der Waals surface area contributed by atoms with Crippen molar-refractivity contribution < 1.29 is 17.9 Å². The topological polar surface area (TPSA) is 75.7 Å². The van der Waals surface area contributed by atoms with Gasteiger partial charge in [-0.1, -0.05) is 25.3 Å². The molecule has 1 aliphatic heterocycles. The Balaban J connectivity index is 1.73. The summed E-state index contributed by atoms with van der Waals surface area (Å²) in [4.78, 5) is 12.6. The van der Waals surface area contributed by atoms with Gasteiger partial charge in [0.25, 0.3) is 5.91 Å². The normalized spacial score (nSPS) is 21.4. The van der Waals surface area contributed by atoms with Gasteiger partial charge in [0.2, 0.25) is 10.0 Å². The summed E-state index contributed by atoms with van der Waals surface area (Å²) >= 11 is 0. The van der Waals surface area contributed by atoms with Gasteiger partial charge in [-0.2, -0.15) is 0 Å². The summed E-state index contributed by atoms with van der Waals surface area (Å²) in [6.07, 6.45) is 6.32. The number of nitrogens with zero attached hydrogens (tertiary/aromatic N) is 1. The van der Waals surface area contributed by atoms with Gasteiger partial charge in [-0.05, 0) is 43.4 Å². The first kappa shape index (κ1) is 18.0. The molecule has 1 atom stereocenters. The second-order valence-electron chi connectivity index (χ2n) is 7.12.